The molecule has 5 rings (SSSR count). The molecule has 0 radical (unpaired) electrons. The molecule has 1 heterocycles. The quantitative estimate of drug-likeness (QED) is 0.368. The molecule has 36 heavy (non-hydrogen) atoms. The number of hydrogen-bond acceptors (Lipinski definition) is 3. The van der Waals surface area contributed by atoms with Crippen LogP contribution in [0.5, 0.6) is 0 Å². The molecule has 8 heteroatoms. The molecular weight excluding hydrogens is 489 g/mol. The van der Waals surface area contributed by atoms with E-state index in [4.69, 9.17) is 16.6 Å². The van der Waals surface area contributed by atoms with Gasteiger partial charge < -0.3 is 0 Å². The molecule has 3 atom stereocenters. The Balaban J connectivity index is 1.69. The van der Waals surface area contributed by atoms with Crippen molar-refractivity contribution in [2.45, 2.75) is 37.9 Å². The maximum Gasteiger partial charge on any atom is 0.471 e. The van der Waals surface area contributed by atoms with Gasteiger partial charge in [0, 0.05) is 17.2 Å². The summed E-state index contributed by atoms with van der Waals surface area (Å²) in [6.07, 6.45) is -4.63. The van der Waals surface area contributed by atoms with E-state index in [0.717, 1.165) is 16.0 Å². The van der Waals surface area contributed by atoms with Crippen molar-refractivity contribution in [2.24, 2.45) is 10.9 Å². The smallest absolute Gasteiger partial charge is 0.299 e. The first-order chi connectivity index (χ1) is 17.1. The molecule has 0 bridgehead atoms. The number of aliphatic imine (C=N–C) groups is 1. The van der Waals surface area contributed by atoms with Gasteiger partial charge in [0.2, 0.25) is 0 Å². The average molecular weight is 511 g/mol. The Labute approximate surface area is 211 Å². The first-order valence-corrected chi connectivity index (χ1v) is 11.9. The van der Waals surface area contributed by atoms with Crippen LogP contribution in [0.3, 0.4) is 0 Å². The number of nitrogens with zero attached hydrogens (tertiary/aromatic N) is 2. The molecule has 0 saturated heterocycles. The fraction of sp³-hybridized carbons (Fsp3) is 0.250. The monoisotopic (exact) mass is 510 g/mol. The van der Waals surface area contributed by atoms with Gasteiger partial charge in [0.1, 0.15) is 5.78 Å². The molecular formula is C28H22ClF3N2O2. The fourth-order valence-electron chi connectivity index (χ4n) is 5.14. The highest BCUT2D eigenvalue weighted by Crippen LogP contribution is 2.48. The van der Waals surface area contributed by atoms with E-state index in [9.17, 15) is 22.8 Å². The average Bonchev–Trinajstić information content (AvgIpc) is 2.98. The van der Waals surface area contributed by atoms with Crippen molar-refractivity contribution in [3.8, 4) is 0 Å². The number of anilines is 1. The Bertz CT molecular complexity index is 1350. The van der Waals surface area contributed by atoms with Crippen LogP contribution in [-0.2, 0) is 9.59 Å². The molecule has 0 spiro atoms. The molecule has 0 unspecified atom stereocenters. The number of ketones is 1. The molecule has 3 aromatic carbocycles. The number of rotatable bonds is 2. The molecule has 0 aromatic heterocycles. The highest BCUT2D eigenvalue weighted by Gasteiger charge is 2.52. The molecule has 1 saturated carbocycles. The summed E-state index contributed by atoms with van der Waals surface area (Å²) in [5, 5.41) is 0.570. The Kier molecular flexibility index (Phi) is 6.20. The van der Waals surface area contributed by atoms with E-state index >= 15 is 0 Å². The first-order valence-electron chi connectivity index (χ1n) is 11.5. The highest BCUT2D eigenvalue weighted by molar-refractivity contribution is 6.30. The van der Waals surface area contributed by atoms with Gasteiger partial charge in [-0.25, -0.2) is 0 Å². The van der Waals surface area contributed by atoms with Crippen molar-refractivity contribution in [1.29, 1.82) is 0 Å². The number of carbonyl (C=O) groups is 2. The van der Waals surface area contributed by atoms with Crippen molar-refractivity contribution >= 4 is 40.4 Å². The lowest BCUT2D eigenvalue weighted by molar-refractivity contribution is -0.171. The van der Waals surface area contributed by atoms with E-state index in [-0.39, 0.29) is 29.5 Å². The van der Waals surface area contributed by atoms with Crippen molar-refractivity contribution in [1.82, 2.24) is 0 Å². The van der Waals surface area contributed by atoms with Crippen molar-refractivity contribution < 1.29 is 22.8 Å². The van der Waals surface area contributed by atoms with Gasteiger partial charge in [0.15, 0.2) is 0 Å². The van der Waals surface area contributed by atoms with Gasteiger partial charge in [0.25, 0.3) is 0 Å². The van der Waals surface area contributed by atoms with Gasteiger partial charge in [0.05, 0.1) is 23.3 Å². The Morgan fingerprint density at radius 3 is 2.25 bits per heavy atom. The minimum absolute atomic E-state index is 0.0307. The van der Waals surface area contributed by atoms with E-state index in [1.54, 1.807) is 54.6 Å². The number of hydrogen-bond donors (Lipinski definition) is 0. The molecule has 0 N–H and O–H groups in total. The molecule has 2 aliphatic rings. The van der Waals surface area contributed by atoms with Gasteiger partial charge in [-0.1, -0.05) is 65.7 Å². The zero-order valence-corrected chi connectivity index (χ0v) is 20.1. The second-order valence-corrected chi connectivity index (χ2v) is 9.66. The second-order valence-electron chi connectivity index (χ2n) is 9.22. The highest BCUT2D eigenvalue weighted by atomic mass is 35.5. The third-order valence-corrected chi connectivity index (χ3v) is 7.08. The van der Waals surface area contributed by atoms with Crippen LogP contribution in [0.2, 0.25) is 5.02 Å². The van der Waals surface area contributed by atoms with E-state index < -0.39 is 24.0 Å². The van der Waals surface area contributed by atoms with Crippen molar-refractivity contribution in [3.63, 3.8) is 0 Å². The minimum Gasteiger partial charge on any atom is -0.299 e. The number of Topliss-reactive ketones (excluding diaryl/α,β-unsaturated/α-hetero) is 1. The van der Waals surface area contributed by atoms with Crippen LogP contribution in [0.1, 0.15) is 41.5 Å². The lowest BCUT2D eigenvalue weighted by Gasteiger charge is -2.39. The third-order valence-electron chi connectivity index (χ3n) is 6.83. The lowest BCUT2D eigenvalue weighted by Crippen LogP contribution is -2.49. The molecule has 1 amide bonds. The summed E-state index contributed by atoms with van der Waals surface area (Å²) in [7, 11) is 0. The summed E-state index contributed by atoms with van der Waals surface area (Å²) in [6, 6.07) is 19.1. The van der Waals surface area contributed by atoms with Gasteiger partial charge in [-0.2, -0.15) is 13.2 Å². The predicted octanol–water partition coefficient (Wildman–Crippen LogP) is 7.13. The zero-order valence-electron chi connectivity index (χ0n) is 19.3. The van der Waals surface area contributed by atoms with E-state index in [0.29, 0.717) is 22.7 Å². The van der Waals surface area contributed by atoms with Crippen molar-refractivity contribution in [2.75, 3.05) is 4.90 Å². The lowest BCUT2D eigenvalue weighted by atomic mass is 9.72. The zero-order chi connectivity index (χ0) is 25.6. The number of carbonyl (C=O) groups excluding carboxylic acids is 2. The number of amides is 1. The number of aryl methyl sites for hydroxylation is 1. The number of fused-ring (bicyclic) bond motifs is 2. The van der Waals surface area contributed by atoms with Crippen LogP contribution in [-0.4, -0.2) is 23.6 Å². The summed E-state index contributed by atoms with van der Waals surface area (Å²) >= 11 is 6.03. The van der Waals surface area contributed by atoms with Crippen molar-refractivity contribution in [3.05, 3.63) is 94.5 Å². The van der Waals surface area contributed by atoms with Crippen LogP contribution in [0.15, 0.2) is 77.8 Å². The largest absolute Gasteiger partial charge is 0.471 e. The summed E-state index contributed by atoms with van der Waals surface area (Å²) in [4.78, 5) is 32.1. The Morgan fingerprint density at radius 1 is 0.944 bits per heavy atom. The third kappa shape index (κ3) is 4.44. The maximum atomic E-state index is 13.9. The molecule has 1 aliphatic heterocycles. The summed E-state index contributed by atoms with van der Waals surface area (Å²) in [5.41, 5.74) is 3.00. The standard InChI is InChI=1S/C28H22ClF3N2O2/c1-16-6-8-18(9-7-16)26-25-22(14-19(15-24(25)35)17-10-12-20(29)13-11-17)33-21-4-2-3-5-23(21)34(26)27(36)28(30,31)32/h2-13,19,25-26H,14-15H2,1H3/t19-,25-,26-/m0/s1. The summed E-state index contributed by atoms with van der Waals surface area (Å²) in [6.45, 7) is 1.86. The minimum atomic E-state index is -5.13. The normalized spacial score (nSPS) is 21.8. The Morgan fingerprint density at radius 2 is 1.58 bits per heavy atom. The summed E-state index contributed by atoms with van der Waals surface area (Å²) in [5.74, 6) is -3.47. The molecule has 1 aliphatic carbocycles. The van der Waals surface area contributed by atoms with Gasteiger partial charge in [-0.05, 0) is 54.7 Å². The van der Waals surface area contributed by atoms with Crippen LogP contribution in [0, 0.1) is 12.8 Å². The Hall–Kier alpha value is -3.45. The van der Waals surface area contributed by atoms with Crippen LogP contribution in [0.4, 0.5) is 24.5 Å². The van der Waals surface area contributed by atoms with E-state index in [1.165, 1.54) is 6.07 Å². The van der Waals surface area contributed by atoms with Crippen LogP contribution in [0.25, 0.3) is 0 Å². The van der Waals surface area contributed by atoms with Gasteiger partial charge in [-0.15, -0.1) is 0 Å². The fourth-order valence-corrected chi connectivity index (χ4v) is 5.27. The summed E-state index contributed by atoms with van der Waals surface area (Å²) < 4.78 is 41.8. The van der Waals surface area contributed by atoms with Gasteiger partial charge >= 0.3 is 12.1 Å². The van der Waals surface area contributed by atoms with E-state index in [2.05, 4.69) is 0 Å². The molecule has 1 fully saturated rings. The second kappa shape index (κ2) is 9.21. The topological polar surface area (TPSA) is 49.7 Å². The number of benzene rings is 3. The maximum absolute atomic E-state index is 13.9. The number of para-hydroxylation sites is 2. The molecule has 3 aromatic rings. The molecule has 184 valence electrons. The number of alkyl halides is 3. The SMILES string of the molecule is Cc1ccc([C@H]2[C@@H]3C(=O)C[C@@H](c4ccc(Cl)cc4)CC3=Nc3ccccc3N2C(=O)C(F)(F)F)cc1. The first kappa shape index (κ1) is 24.3. The predicted molar refractivity (Wildman–Crippen MR) is 133 cm³/mol. The van der Waals surface area contributed by atoms with Gasteiger partial charge in [-0.3, -0.25) is 19.5 Å². The van der Waals surface area contributed by atoms with Crippen LogP contribution >= 0.6 is 11.6 Å². The van der Waals surface area contributed by atoms with Crippen LogP contribution < -0.4 is 4.90 Å². The molecule has 4 nitrogen and oxygen atoms in total. The number of halogens is 4. The van der Waals surface area contributed by atoms with E-state index in [1.807, 2.05) is 19.1 Å².